The Hall–Kier alpha value is -1.28. The van der Waals surface area contributed by atoms with Crippen molar-refractivity contribution in [3.63, 3.8) is 0 Å². The highest BCUT2D eigenvalue weighted by Gasteiger charge is 2.18. The molecule has 2 aromatic carbocycles. The van der Waals surface area contributed by atoms with Crippen LogP contribution in [0, 0.1) is 0 Å². The van der Waals surface area contributed by atoms with Gasteiger partial charge in [0.25, 0.3) is 0 Å². The molecule has 0 fully saturated rings. The lowest BCUT2D eigenvalue weighted by atomic mass is 10.1. The molecule has 0 aliphatic heterocycles. The molecule has 0 spiro atoms. The lowest BCUT2D eigenvalue weighted by Gasteiger charge is -2.02. The summed E-state index contributed by atoms with van der Waals surface area (Å²) < 4.78 is 1.12. The number of nitrogen functional groups attached to an aromatic ring is 1. The Morgan fingerprint density at radius 3 is 2.40 bits per heavy atom. The van der Waals surface area contributed by atoms with E-state index >= 15 is 0 Å². The lowest BCUT2D eigenvalue weighted by Crippen LogP contribution is -1.86. The monoisotopic (exact) mass is 259 g/mol. The third kappa shape index (κ3) is 1.37. The molecule has 0 amide bonds. The average Bonchev–Trinajstić information content (AvgIpc) is 2.56. The first-order valence-corrected chi connectivity index (χ1v) is 5.70. The van der Waals surface area contributed by atoms with Gasteiger partial charge in [0.05, 0.1) is 0 Å². The SMILES string of the molecule is Nc1ccc2c(c1)-c1cc(Br)ccc1C2. The molecule has 0 aromatic heterocycles. The van der Waals surface area contributed by atoms with Crippen LogP contribution in [0.2, 0.25) is 0 Å². The van der Waals surface area contributed by atoms with E-state index in [1.807, 2.05) is 6.07 Å². The van der Waals surface area contributed by atoms with E-state index in [9.17, 15) is 0 Å². The summed E-state index contributed by atoms with van der Waals surface area (Å²) in [6.07, 6.45) is 1.03. The van der Waals surface area contributed by atoms with Gasteiger partial charge in [-0.3, -0.25) is 0 Å². The molecular weight excluding hydrogens is 250 g/mol. The lowest BCUT2D eigenvalue weighted by molar-refractivity contribution is 1.26. The largest absolute Gasteiger partial charge is 0.399 e. The zero-order chi connectivity index (χ0) is 10.4. The number of nitrogens with two attached hydrogens (primary N) is 1. The molecule has 0 bridgehead atoms. The van der Waals surface area contributed by atoms with Crippen molar-refractivity contribution in [2.24, 2.45) is 0 Å². The minimum Gasteiger partial charge on any atom is -0.399 e. The van der Waals surface area contributed by atoms with E-state index in [0.717, 1.165) is 16.6 Å². The number of hydrogen-bond donors (Lipinski definition) is 1. The number of halogens is 1. The van der Waals surface area contributed by atoms with Crippen molar-refractivity contribution in [2.45, 2.75) is 6.42 Å². The van der Waals surface area contributed by atoms with E-state index in [2.05, 4.69) is 46.3 Å². The molecule has 0 saturated heterocycles. The van der Waals surface area contributed by atoms with E-state index in [0.29, 0.717) is 0 Å². The quantitative estimate of drug-likeness (QED) is 0.614. The molecule has 1 aliphatic carbocycles. The second-order valence-corrected chi connectivity index (χ2v) is 4.81. The maximum absolute atomic E-state index is 5.81. The minimum absolute atomic E-state index is 0.835. The standard InChI is InChI=1S/C13H10BrN/c14-10-3-1-8-5-9-2-4-11(15)7-13(9)12(8)6-10/h1-4,6-7H,5,15H2. The molecule has 0 unspecified atom stereocenters. The first-order valence-electron chi connectivity index (χ1n) is 4.91. The van der Waals surface area contributed by atoms with Crippen molar-refractivity contribution in [1.82, 2.24) is 0 Å². The Balaban J connectivity index is 2.28. The van der Waals surface area contributed by atoms with Crippen molar-refractivity contribution >= 4 is 21.6 Å². The Morgan fingerprint density at radius 2 is 1.60 bits per heavy atom. The zero-order valence-corrected chi connectivity index (χ0v) is 9.71. The van der Waals surface area contributed by atoms with Gasteiger partial charge in [-0.25, -0.2) is 0 Å². The van der Waals surface area contributed by atoms with Gasteiger partial charge >= 0.3 is 0 Å². The predicted octanol–water partition coefficient (Wildman–Crippen LogP) is 3.60. The summed E-state index contributed by atoms with van der Waals surface area (Å²) in [5.41, 5.74) is 12.0. The van der Waals surface area contributed by atoms with Crippen LogP contribution in [-0.4, -0.2) is 0 Å². The highest BCUT2D eigenvalue weighted by atomic mass is 79.9. The number of rotatable bonds is 0. The van der Waals surface area contributed by atoms with Crippen LogP contribution in [0.5, 0.6) is 0 Å². The van der Waals surface area contributed by atoms with Gasteiger partial charge in [-0.05, 0) is 52.9 Å². The van der Waals surface area contributed by atoms with Crippen LogP contribution in [0.3, 0.4) is 0 Å². The fraction of sp³-hybridized carbons (Fsp3) is 0.0769. The van der Waals surface area contributed by atoms with Crippen molar-refractivity contribution in [3.8, 4) is 11.1 Å². The molecule has 3 rings (SSSR count). The Bertz CT molecular complexity index is 497. The maximum Gasteiger partial charge on any atom is 0.0320 e. The highest BCUT2D eigenvalue weighted by Crippen LogP contribution is 2.38. The highest BCUT2D eigenvalue weighted by molar-refractivity contribution is 9.10. The van der Waals surface area contributed by atoms with Crippen LogP contribution in [0.15, 0.2) is 40.9 Å². The summed E-state index contributed by atoms with van der Waals surface area (Å²) in [4.78, 5) is 0. The smallest absolute Gasteiger partial charge is 0.0320 e. The average molecular weight is 260 g/mol. The molecule has 0 heterocycles. The third-order valence-corrected chi connectivity index (χ3v) is 3.37. The van der Waals surface area contributed by atoms with E-state index in [1.54, 1.807) is 0 Å². The van der Waals surface area contributed by atoms with Crippen molar-refractivity contribution in [3.05, 3.63) is 52.0 Å². The molecule has 1 aliphatic rings. The summed E-state index contributed by atoms with van der Waals surface area (Å²) in [6, 6.07) is 12.6. The summed E-state index contributed by atoms with van der Waals surface area (Å²) in [5, 5.41) is 0. The third-order valence-electron chi connectivity index (χ3n) is 2.88. The van der Waals surface area contributed by atoms with Gasteiger partial charge in [-0.1, -0.05) is 28.1 Å². The Kier molecular flexibility index (Phi) is 1.86. The fourth-order valence-electron chi connectivity index (χ4n) is 2.16. The topological polar surface area (TPSA) is 26.0 Å². The van der Waals surface area contributed by atoms with Crippen LogP contribution in [0.25, 0.3) is 11.1 Å². The van der Waals surface area contributed by atoms with Crippen LogP contribution in [0.1, 0.15) is 11.1 Å². The predicted molar refractivity (Wildman–Crippen MR) is 66.8 cm³/mol. The normalized spacial score (nSPS) is 12.3. The molecule has 74 valence electrons. The van der Waals surface area contributed by atoms with Crippen LogP contribution < -0.4 is 5.73 Å². The fourth-order valence-corrected chi connectivity index (χ4v) is 2.52. The first kappa shape index (κ1) is 8.98. The van der Waals surface area contributed by atoms with Gasteiger partial charge < -0.3 is 5.73 Å². The number of fused-ring (bicyclic) bond motifs is 3. The summed E-state index contributed by atoms with van der Waals surface area (Å²) in [7, 11) is 0. The molecule has 1 nitrogen and oxygen atoms in total. The van der Waals surface area contributed by atoms with E-state index < -0.39 is 0 Å². The number of benzene rings is 2. The second-order valence-electron chi connectivity index (χ2n) is 3.89. The van der Waals surface area contributed by atoms with Gasteiger partial charge in [-0.2, -0.15) is 0 Å². The van der Waals surface area contributed by atoms with Gasteiger partial charge in [0.2, 0.25) is 0 Å². The molecule has 2 N–H and O–H groups in total. The van der Waals surface area contributed by atoms with Gasteiger partial charge in [0.15, 0.2) is 0 Å². The van der Waals surface area contributed by atoms with E-state index in [4.69, 9.17) is 5.73 Å². The minimum atomic E-state index is 0.835. The first-order chi connectivity index (χ1) is 7.24. The number of anilines is 1. The van der Waals surface area contributed by atoms with E-state index in [1.165, 1.54) is 22.3 Å². The molecule has 2 aromatic rings. The summed E-state index contributed by atoms with van der Waals surface area (Å²) in [6.45, 7) is 0. The van der Waals surface area contributed by atoms with Gasteiger partial charge in [0.1, 0.15) is 0 Å². The zero-order valence-electron chi connectivity index (χ0n) is 8.13. The molecule has 0 saturated carbocycles. The van der Waals surface area contributed by atoms with Gasteiger partial charge in [-0.15, -0.1) is 0 Å². The molecule has 2 heteroatoms. The van der Waals surface area contributed by atoms with E-state index in [-0.39, 0.29) is 0 Å². The maximum atomic E-state index is 5.81. The summed E-state index contributed by atoms with van der Waals surface area (Å²) in [5.74, 6) is 0. The van der Waals surface area contributed by atoms with Crippen molar-refractivity contribution in [2.75, 3.05) is 5.73 Å². The molecule has 0 radical (unpaired) electrons. The van der Waals surface area contributed by atoms with Crippen LogP contribution in [-0.2, 0) is 6.42 Å². The number of hydrogen-bond acceptors (Lipinski definition) is 1. The van der Waals surface area contributed by atoms with Crippen molar-refractivity contribution < 1.29 is 0 Å². The summed E-state index contributed by atoms with van der Waals surface area (Å²) >= 11 is 3.50. The van der Waals surface area contributed by atoms with Crippen LogP contribution in [0.4, 0.5) is 5.69 Å². The Morgan fingerprint density at radius 1 is 0.933 bits per heavy atom. The van der Waals surface area contributed by atoms with Crippen molar-refractivity contribution in [1.29, 1.82) is 0 Å². The molecule has 15 heavy (non-hydrogen) atoms. The second kappa shape index (κ2) is 3.11. The molecular formula is C13H10BrN. The van der Waals surface area contributed by atoms with Crippen LogP contribution >= 0.6 is 15.9 Å². The molecule has 0 atom stereocenters. The van der Waals surface area contributed by atoms with Gasteiger partial charge in [0, 0.05) is 10.2 Å². The Labute approximate surface area is 97.1 Å².